The van der Waals surface area contributed by atoms with Crippen LogP contribution in [-0.4, -0.2) is 60.4 Å². The molecule has 0 aliphatic carbocycles. The molecule has 1 amide bonds. The number of amides is 1. The minimum absolute atomic E-state index is 0.272. The zero-order valence-corrected chi connectivity index (χ0v) is 18.2. The van der Waals surface area contributed by atoms with Gasteiger partial charge in [-0.15, -0.1) is 0 Å². The summed E-state index contributed by atoms with van der Waals surface area (Å²) in [6, 6.07) is 9.53. The van der Waals surface area contributed by atoms with Gasteiger partial charge in [-0.05, 0) is 45.2 Å². The number of aliphatic imine (C=N–C) groups is 1. The normalized spacial score (nSPS) is 15.2. The summed E-state index contributed by atoms with van der Waals surface area (Å²) in [7, 11) is 1.80. The van der Waals surface area contributed by atoms with E-state index in [9.17, 15) is 4.79 Å². The fourth-order valence-electron chi connectivity index (χ4n) is 3.68. The van der Waals surface area contributed by atoms with E-state index in [0.29, 0.717) is 18.5 Å². The molecule has 0 radical (unpaired) electrons. The van der Waals surface area contributed by atoms with Crippen molar-refractivity contribution in [3.05, 3.63) is 35.4 Å². The van der Waals surface area contributed by atoms with Crippen LogP contribution in [0.15, 0.2) is 29.3 Å². The zero-order chi connectivity index (χ0) is 20.5. The molecule has 6 heteroatoms. The summed E-state index contributed by atoms with van der Waals surface area (Å²) < 4.78 is 0. The lowest BCUT2D eigenvalue weighted by molar-refractivity contribution is -0.128. The molecule has 0 bridgehead atoms. The summed E-state index contributed by atoms with van der Waals surface area (Å²) in [5.74, 6) is 1.09. The lowest BCUT2D eigenvalue weighted by Gasteiger charge is -2.30. The van der Waals surface area contributed by atoms with E-state index in [1.165, 1.54) is 11.1 Å². The molecular weight excluding hydrogens is 350 g/mol. The molecule has 2 rings (SSSR count). The molecule has 28 heavy (non-hydrogen) atoms. The fraction of sp³-hybridized carbons (Fsp3) is 0.636. The third-order valence-corrected chi connectivity index (χ3v) is 5.24. The largest absolute Gasteiger partial charge is 0.355 e. The second kappa shape index (κ2) is 11.1. The monoisotopic (exact) mass is 387 g/mol. The number of hydrogen-bond acceptors (Lipinski definition) is 3. The van der Waals surface area contributed by atoms with E-state index in [1.54, 1.807) is 7.05 Å². The molecule has 0 atom stereocenters. The highest BCUT2D eigenvalue weighted by Crippen LogP contribution is 2.14. The standard InChI is InChI=1S/C22H37N5O/c1-17(2)27(18(3)4)14-12-24-22(23-5)25-15-19-8-10-20(11-9-19)16-26-13-6-7-21(26)28/h8-11,17-18H,6-7,12-16H2,1-5H3,(H2,23,24,25). The third kappa shape index (κ3) is 6.82. The van der Waals surface area contributed by atoms with Gasteiger partial charge in [0.2, 0.25) is 5.91 Å². The van der Waals surface area contributed by atoms with Crippen LogP contribution in [0.4, 0.5) is 0 Å². The molecule has 0 unspecified atom stereocenters. The van der Waals surface area contributed by atoms with Crippen molar-refractivity contribution in [3.8, 4) is 0 Å². The molecule has 2 N–H and O–H groups in total. The van der Waals surface area contributed by atoms with Crippen molar-refractivity contribution in [3.63, 3.8) is 0 Å². The molecule has 1 fully saturated rings. The number of likely N-dealkylation sites (tertiary alicyclic amines) is 1. The molecule has 0 aromatic heterocycles. The minimum atomic E-state index is 0.272. The second-order valence-electron chi connectivity index (χ2n) is 8.01. The van der Waals surface area contributed by atoms with Crippen LogP contribution in [0.2, 0.25) is 0 Å². The Hall–Kier alpha value is -2.08. The maximum atomic E-state index is 11.8. The Kier molecular flexibility index (Phi) is 8.77. The second-order valence-corrected chi connectivity index (χ2v) is 8.01. The van der Waals surface area contributed by atoms with E-state index in [0.717, 1.165) is 45.1 Å². The molecule has 0 saturated carbocycles. The Labute approximate surface area is 170 Å². The Morgan fingerprint density at radius 3 is 2.29 bits per heavy atom. The number of guanidine groups is 1. The highest BCUT2D eigenvalue weighted by molar-refractivity contribution is 5.79. The summed E-state index contributed by atoms with van der Waals surface area (Å²) in [5.41, 5.74) is 2.38. The van der Waals surface area contributed by atoms with Crippen LogP contribution in [0.25, 0.3) is 0 Å². The maximum absolute atomic E-state index is 11.8. The number of nitrogens with zero attached hydrogens (tertiary/aromatic N) is 3. The van der Waals surface area contributed by atoms with Gasteiger partial charge in [-0.2, -0.15) is 0 Å². The van der Waals surface area contributed by atoms with E-state index >= 15 is 0 Å². The van der Waals surface area contributed by atoms with Crippen molar-refractivity contribution < 1.29 is 4.79 Å². The van der Waals surface area contributed by atoms with Crippen molar-refractivity contribution in [2.45, 2.75) is 65.7 Å². The van der Waals surface area contributed by atoms with Crippen LogP contribution in [0.3, 0.4) is 0 Å². The van der Waals surface area contributed by atoms with E-state index in [4.69, 9.17) is 0 Å². The van der Waals surface area contributed by atoms with E-state index in [-0.39, 0.29) is 5.91 Å². The maximum Gasteiger partial charge on any atom is 0.222 e. The predicted octanol–water partition coefficient (Wildman–Crippen LogP) is 2.59. The highest BCUT2D eigenvalue weighted by Gasteiger charge is 2.19. The lowest BCUT2D eigenvalue weighted by atomic mass is 10.1. The molecule has 6 nitrogen and oxygen atoms in total. The average molecular weight is 388 g/mol. The van der Waals surface area contributed by atoms with E-state index in [1.807, 2.05) is 4.90 Å². The average Bonchev–Trinajstić information content (AvgIpc) is 3.06. The van der Waals surface area contributed by atoms with Gasteiger partial charge in [0.15, 0.2) is 5.96 Å². The van der Waals surface area contributed by atoms with Crippen molar-refractivity contribution in [2.24, 2.45) is 4.99 Å². The Morgan fingerprint density at radius 2 is 1.75 bits per heavy atom. The number of hydrogen-bond donors (Lipinski definition) is 2. The molecular formula is C22H37N5O. The molecule has 1 aliphatic heterocycles. The Balaban J connectivity index is 1.76. The Morgan fingerprint density at radius 1 is 1.11 bits per heavy atom. The number of carbonyl (C=O) groups is 1. The summed E-state index contributed by atoms with van der Waals surface area (Å²) in [6.07, 6.45) is 1.68. The molecule has 1 aliphatic rings. The highest BCUT2D eigenvalue weighted by atomic mass is 16.2. The van der Waals surface area contributed by atoms with Gasteiger partial charge < -0.3 is 15.5 Å². The molecule has 1 aromatic rings. The van der Waals surface area contributed by atoms with Gasteiger partial charge in [0.25, 0.3) is 0 Å². The first-order chi connectivity index (χ1) is 13.4. The van der Waals surface area contributed by atoms with Gasteiger partial charge >= 0.3 is 0 Å². The lowest BCUT2D eigenvalue weighted by Crippen LogP contribution is -2.45. The van der Waals surface area contributed by atoms with Crippen LogP contribution in [0.1, 0.15) is 51.7 Å². The van der Waals surface area contributed by atoms with Crippen molar-refractivity contribution in [1.82, 2.24) is 20.4 Å². The minimum Gasteiger partial charge on any atom is -0.355 e. The zero-order valence-electron chi connectivity index (χ0n) is 18.2. The van der Waals surface area contributed by atoms with Crippen LogP contribution < -0.4 is 10.6 Å². The SMILES string of the molecule is CN=C(NCCN(C(C)C)C(C)C)NCc1ccc(CN2CCCC2=O)cc1. The van der Waals surface area contributed by atoms with E-state index < -0.39 is 0 Å². The van der Waals surface area contributed by atoms with Crippen LogP contribution in [0.5, 0.6) is 0 Å². The smallest absolute Gasteiger partial charge is 0.222 e. The van der Waals surface area contributed by atoms with Crippen LogP contribution in [-0.2, 0) is 17.9 Å². The summed E-state index contributed by atoms with van der Waals surface area (Å²) in [6.45, 7) is 13.1. The van der Waals surface area contributed by atoms with E-state index in [2.05, 4.69) is 72.5 Å². The molecule has 1 heterocycles. The first kappa shape index (κ1) is 22.2. The topological polar surface area (TPSA) is 60.0 Å². The number of nitrogens with one attached hydrogen (secondary N) is 2. The van der Waals surface area contributed by atoms with Gasteiger partial charge in [0, 0.05) is 58.3 Å². The van der Waals surface area contributed by atoms with Gasteiger partial charge in [-0.3, -0.25) is 14.7 Å². The van der Waals surface area contributed by atoms with Gasteiger partial charge in [-0.1, -0.05) is 24.3 Å². The van der Waals surface area contributed by atoms with Gasteiger partial charge in [0.1, 0.15) is 0 Å². The first-order valence-electron chi connectivity index (χ1n) is 10.5. The predicted molar refractivity (Wildman–Crippen MR) is 116 cm³/mol. The summed E-state index contributed by atoms with van der Waals surface area (Å²) in [4.78, 5) is 20.5. The Bertz CT molecular complexity index is 631. The van der Waals surface area contributed by atoms with Gasteiger partial charge in [0.05, 0.1) is 0 Å². The number of benzene rings is 1. The van der Waals surface area contributed by atoms with Crippen LogP contribution in [0, 0.1) is 0 Å². The van der Waals surface area contributed by atoms with Crippen molar-refractivity contribution in [1.29, 1.82) is 0 Å². The summed E-state index contributed by atoms with van der Waals surface area (Å²) >= 11 is 0. The first-order valence-corrected chi connectivity index (χ1v) is 10.5. The number of rotatable bonds is 9. The summed E-state index contributed by atoms with van der Waals surface area (Å²) in [5, 5.41) is 6.77. The fourth-order valence-corrected chi connectivity index (χ4v) is 3.68. The molecule has 1 saturated heterocycles. The third-order valence-electron chi connectivity index (χ3n) is 5.24. The van der Waals surface area contributed by atoms with Crippen molar-refractivity contribution >= 4 is 11.9 Å². The van der Waals surface area contributed by atoms with Crippen LogP contribution >= 0.6 is 0 Å². The number of carbonyl (C=O) groups excluding carboxylic acids is 1. The molecule has 0 spiro atoms. The molecule has 1 aromatic carbocycles. The quantitative estimate of drug-likeness (QED) is 0.505. The van der Waals surface area contributed by atoms with Gasteiger partial charge in [-0.25, -0.2) is 0 Å². The molecule has 156 valence electrons. The van der Waals surface area contributed by atoms with Crippen molar-refractivity contribution in [2.75, 3.05) is 26.7 Å².